The lowest BCUT2D eigenvalue weighted by Gasteiger charge is -2.13. The summed E-state index contributed by atoms with van der Waals surface area (Å²) in [7, 11) is -7.46. The molecule has 0 aliphatic carbocycles. The van der Waals surface area contributed by atoms with E-state index in [1.807, 2.05) is 0 Å². The van der Waals surface area contributed by atoms with Crippen molar-refractivity contribution in [2.24, 2.45) is 0 Å². The summed E-state index contributed by atoms with van der Waals surface area (Å²) in [6.45, 7) is 3.33. The number of sulfonamides is 2. The van der Waals surface area contributed by atoms with Crippen molar-refractivity contribution in [2.45, 2.75) is 37.1 Å². The normalized spacial score (nSPS) is 12.5. The summed E-state index contributed by atoms with van der Waals surface area (Å²) in [6.07, 6.45) is 0. The molecule has 0 aliphatic heterocycles. The zero-order valence-electron chi connectivity index (χ0n) is 14.4. The Balaban J connectivity index is 2.18. The standard InChI is InChI=1S/C17H21FN2O4S2/c1-13(2)20-25(21,22)12-15-7-4-3-6-14(15)11-19-26(23,24)17-9-5-8-16(18)10-17/h3-10,13,19-20H,11-12H2,1-2H3. The lowest BCUT2D eigenvalue weighted by molar-refractivity contribution is 0.568. The van der Waals surface area contributed by atoms with E-state index in [4.69, 9.17) is 0 Å². The second kappa shape index (κ2) is 8.26. The first kappa shape index (κ1) is 20.5. The minimum atomic E-state index is -3.92. The largest absolute Gasteiger partial charge is 0.240 e. The van der Waals surface area contributed by atoms with E-state index in [-0.39, 0.29) is 23.2 Å². The average molecular weight is 400 g/mol. The van der Waals surface area contributed by atoms with Crippen molar-refractivity contribution in [1.29, 1.82) is 0 Å². The molecule has 0 atom stereocenters. The van der Waals surface area contributed by atoms with Crippen LogP contribution in [0.2, 0.25) is 0 Å². The highest BCUT2D eigenvalue weighted by molar-refractivity contribution is 7.89. The number of nitrogens with one attached hydrogen (secondary N) is 2. The molecule has 6 nitrogen and oxygen atoms in total. The maximum atomic E-state index is 13.2. The van der Waals surface area contributed by atoms with Crippen LogP contribution in [0.25, 0.3) is 0 Å². The summed E-state index contributed by atoms with van der Waals surface area (Å²) in [5.41, 5.74) is 1.02. The molecule has 142 valence electrons. The highest BCUT2D eigenvalue weighted by Gasteiger charge is 2.18. The van der Waals surface area contributed by atoms with Crippen molar-refractivity contribution in [3.63, 3.8) is 0 Å². The van der Waals surface area contributed by atoms with Crippen LogP contribution in [0.5, 0.6) is 0 Å². The smallest absolute Gasteiger partial charge is 0.212 e. The Morgan fingerprint density at radius 3 is 2.23 bits per heavy atom. The van der Waals surface area contributed by atoms with Crippen LogP contribution in [0.4, 0.5) is 4.39 Å². The molecule has 0 amide bonds. The molecule has 0 unspecified atom stereocenters. The van der Waals surface area contributed by atoms with E-state index in [9.17, 15) is 21.2 Å². The SMILES string of the molecule is CC(C)NS(=O)(=O)Cc1ccccc1CNS(=O)(=O)c1cccc(F)c1. The van der Waals surface area contributed by atoms with Gasteiger partial charge in [-0.25, -0.2) is 30.7 Å². The average Bonchev–Trinajstić information content (AvgIpc) is 2.52. The van der Waals surface area contributed by atoms with E-state index < -0.39 is 25.9 Å². The summed E-state index contributed by atoms with van der Waals surface area (Å²) in [5.74, 6) is -0.914. The molecule has 0 saturated heterocycles. The van der Waals surface area contributed by atoms with Crippen LogP contribution < -0.4 is 9.44 Å². The molecule has 2 N–H and O–H groups in total. The van der Waals surface area contributed by atoms with Crippen LogP contribution in [-0.4, -0.2) is 22.9 Å². The molecule has 0 spiro atoms. The Morgan fingerprint density at radius 2 is 1.62 bits per heavy atom. The predicted molar refractivity (Wildman–Crippen MR) is 97.8 cm³/mol. The maximum Gasteiger partial charge on any atom is 0.240 e. The monoisotopic (exact) mass is 400 g/mol. The van der Waals surface area contributed by atoms with Gasteiger partial charge in [0, 0.05) is 12.6 Å². The van der Waals surface area contributed by atoms with Crippen molar-refractivity contribution in [2.75, 3.05) is 0 Å². The van der Waals surface area contributed by atoms with Gasteiger partial charge >= 0.3 is 0 Å². The molecule has 26 heavy (non-hydrogen) atoms. The van der Waals surface area contributed by atoms with E-state index in [1.54, 1.807) is 38.1 Å². The number of rotatable bonds is 8. The van der Waals surface area contributed by atoms with Gasteiger partial charge in [0.2, 0.25) is 20.0 Å². The van der Waals surface area contributed by atoms with E-state index in [0.717, 1.165) is 12.1 Å². The van der Waals surface area contributed by atoms with Gasteiger partial charge in [-0.05, 0) is 43.2 Å². The van der Waals surface area contributed by atoms with Crippen molar-refractivity contribution in [3.8, 4) is 0 Å². The lowest BCUT2D eigenvalue weighted by Crippen LogP contribution is -2.32. The second-order valence-electron chi connectivity index (χ2n) is 6.08. The van der Waals surface area contributed by atoms with Gasteiger partial charge in [0.25, 0.3) is 0 Å². The third kappa shape index (κ3) is 5.87. The quantitative estimate of drug-likeness (QED) is 0.710. The maximum absolute atomic E-state index is 13.2. The van der Waals surface area contributed by atoms with Crippen molar-refractivity contribution in [1.82, 2.24) is 9.44 Å². The predicted octanol–water partition coefficient (Wildman–Crippen LogP) is 2.13. The van der Waals surface area contributed by atoms with Crippen LogP contribution >= 0.6 is 0 Å². The molecule has 0 radical (unpaired) electrons. The van der Waals surface area contributed by atoms with Crippen LogP contribution in [0.1, 0.15) is 25.0 Å². The fourth-order valence-electron chi connectivity index (χ4n) is 2.37. The van der Waals surface area contributed by atoms with E-state index in [2.05, 4.69) is 9.44 Å². The van der Waals surface area contributed by atoms with Crippen LogP contribution in [0, 0.1) is 5.82 Å². The Bertz CT molecular complexity index is 974. The minimum Gasteiger partial charge on any atom is -0.212 e. The molecular formula is C17H21FN2O4S2. The van der Waals surface area contributed by atoms with Gasteiger partial charge in [-0.1, -0.05) is 30.3 Å². The van der Waals surface area contributed by atoms with Gasteiger partial charge in [-0.3, -0.25) is 0 Å². The summed E-state index contributed by atoms with van der Waals surface area (Å²) in [6, 6.07) is 11.1. The first-order valence-electron chi connectivity index (χ1n) is 7.91. The zero-order chi connectivity index (χ0) is 19.4. The number of benzene rings is 2. The van der Waals surface area contributed by atoms with Crippen molar-refractivity contribution < 1.29 is 21.2 Å². The molecule has 2 rings (SSSR count). The van der Waals surface area contributed by atoms with E-state index >= 15 is 0 Å². The zero-order valence-corrected chi connectivity index (χ0v) is 16.1. The number of hydrogen-bond donors (Lipinski definition) is 2. The van der Waals surface area contributed by atoms with Gasteiger partial charge in [-0.15, -0.1) is 0 Å². The Kier molecular flexibility index (Phi) is 6.51. The molecule has 9 heteroatoms. The molecule has 0 fully saturated rings. The molecule has 0 aromatic heterocycles. The fourth-order valence-corrected chi connectivity index (χ4v) is 4.90. The molecule has 2 aromatic carbocycles. The molecule has 0 aliphatic rings. The molecule has 0 bridgehead atoms. The number of hydrogen-bond acceptors (Lipinski definition) is 4. The third-order valence-corrected chi connectivity index (χ3v) is 6.36. The second-order valence-corrected chi connectivity index (χ2v) is 9.60. The van der Waals surface area contributed by atoms with Gasteiger partial charge in [-0.2, -0.15) is 0 Å². The summed E-state index contributed by atoms with van der Waals surface area (Å²) < 4.78 is 67.0. The first-order chi connectivity index (χ1) is 12.1. The fraction of sp³-hybridized carbons (Fsp3) is 0.294. The topological polar surface area (TPSA) is 92.3 Å². The lowest BCUT2D eigenvalue weighted by atomic mass is 10.1. The molecular weight excluding hydrogens is 379 g/mol. The van der Waals surface area contributed by atoms with Crippen molar-refractivity contribution >= 4 is 20.0 Å². The van der Waals surface area contributed by atoms with Crippen molar-refractivity contribution in [3.05, 3.63) is 65.5 Å². The molecule has 0 saturated carbocycles. The Labute approximate surface area is 153 Å². The summed E-state index contributed by atoms with van der Waals surface area (Å²) >= 11 is 0. The Hall–Kier alpha value is -1.81. The third-order valence-electron chi connectivity index (χ3n) is 3.44. The van der Waals surface area contributed by atoms with Crippen LogP contribution in [0.15, 0.2) is 53.4 Å². The van der Waals surface area contributed by atoms with E-state index in [1.165, 1.54) is 12.1 Å². The molecule has 2 aromatic rings. The van der Waals surface area contributed by atoms with Gasteiger partial charge < -0.3 is 0 Å². The van der Waals surface area contributed by atoms with E-state index in [0.29, 0.717) is 11.1 Å². The summed E-state index contributed by atoms with van der Waals surface area (Å²) in [4.78, 5) is -0.191. The van der Waals surface area contributed by atoms with Gasteiger partial charge in [0.1, 0.15) is 5.82 Å². The minimum absolute atomic E-state index is 0.105. The Morgan fingerprint density at radius 1 is 0.962 bits per heavy atom. The van der Waals surface area contributed by atoms with Gasteiger partial charge in [0.05, 0.1) is 10.6 Å². The van der Waals surface area contributed by atoms with Gasteiger partial charge in [0.15, 0.2) is 0 Å². The number of halogens is 1. The first-order valence-corrected chi connectivity index (χ1v) is 11.0. The summed E-state index contributed by atoms with van der Waals surface area (Å²) in [5, 5.41) is 0. The molecule has 0 heterocycles. The van der Waals surface area contributed by atoms with Crippen LogP contribution in [0.3, 0.4) is 0 Å². The highest BCUT2D eigenvalue weighted by atomic mass is 32.2. The van der Waals surface area contributed by atoms with Crippen LogP contribution in [-0.2, 0) is 32.3 Å². The highest BCUT2D eigenvalue weighted by Crippen LogP contribution is 2.15.